The van der Waals surface area contributed by atoms with E-state index in [4.69, 9.17) is 0 Å². The van der Waals surface area contributed by atoms with Crippen molar-refractivity contribution < 1.29 is 9.50 Å². The Balaban J connectivity index is 0.00000150. The highest BCUT2D eigenvalue weighted by molar-refractivity contribution is 5.85. The fourth-order valence-electron chi connectivity index (χ4n) is 4.00. The molecule has 1 saturated heterocycles. The first-order chi connectivity index (χ1) is 13.1. The van der Waals surface area contributed by atoms with Crippen molar-refractivity contribution in [3.05, 3.63) is 72.2 Å². The summed E-state index contributed by atoms with van der Waals surface area (Å²) in [6, 6.07) is 16.4. The second-order valence-electron chi connectivity index (χ2n) is 7.45. The highest BCUT2D eigenvalue weighted by Crippen LogP contribution is 2.29. The van der Waals surface area contributed by atoms with Crippen LogP contribution in [0.15, 0.2) is 60.8 Å². The zero-order valence-corrected chi connectivity index (χ0v) is 18.1. The Labute approximate surface area is 183 Å². The Morgan fingerprint density at radius 2 is 1.69 bits per heavy atom. The number of hydrogen-bond acceptors (Lipinski definition) is 3. The highest BCUT2D eigenvalue weighted by Gasteiger charge is 2.27. The van der Waals surface area contributed by atoms with Gasteiger partial charge < -0.3 is 14.6 Å². The van der Waals surface area contributed by atoms with Crippen LogP contribution in [0.5, 0.6) is 0 Å². The molecule has 4 rings (SSSR count). The van der Waals surface area contributed by atoms with Gasteiger partial charge in [0.25, 0.3) is 0 Å². The molecule has 1 aliphatic rings. The zero-order valence-electron chi connectivity index (χ0n) is 16.4. The van der Waals surface area contributed by atoms with Crippen molar-refractivity contribution in [3.63, 3.8) is 0 Å². The molecule has 1 fully saturated rings. The third-order valence-electron chi connectivity index (χ3n) is 5.53. The van der Waals surface area contributed by atoms with E-state index in [9.17, 15) is 9.50 Å². The van der Waals surface area contributed by atoms with Gasteiger partial charge in [0.15, 0.2) is 0 Å². The minimum absolute atomic E-state index is 0. The van der Waals surface area contributed by atoms with Crippen molar-refractivity contribution in [1.82, 2.24) is 14.4 Å². The van der Waals surface area contributed by atoms with Crippen LogP contribution >= 0.6 is 24.8 Å². The third kappa shape index (κ3) is 5.30. The van der Waals surface area contributed by atoms with Gasteiger partial charge in [0.2, 0.25) is 0 Å². The third-order valence-corrected chi connectivity index (χ3v) is 5.53. The van der Waals surface area contributed by atoms with Gasteiger partial charge in [-0.05, 0) is 42.3 Å². The van der Waals surface area contributed by atoms with Crippen molar-refractivity contribution in [2.24, 2.45) is 0 Å². The lowest BCUT2D eigenvalue weighted by Crippen LogP contribution is -2.48. The van der Waals surface area contributed by atoms with E-state index >= 15 is 0 Å². The lowest BCUT2D eigenvalue weighted by Gasteiger charge is -2.36. The molecule has 29 heavy (non-hydrogen) atoms. The van der Waals surface area contributed by atoms with E-state index in [1.165, 1.54) is 12.1 Å². The number of para-hydroxylation sites is 1. The monoisotopic (exact) mass is 439 g/mol. The first-order valence-electron chi connectivity index (χ1n) is 9.52. The first kappa shape index (κ1) is 23.6. The molecule has 2 heterocycles. The smallest absolute Gasteiger partial charge is 0.123 e. The summed E-state index contributed by atoms with van der Waals surface area (Å²) in [6.45, 7) is 4.46. The van der Waals surface area contributed by atoms with Crippen LogP contribution in [-0.2, 0) is 0 Å². The molecule has 3 aromatic rings. The molecular weight excluding hydrogens is 412 g/mol. The van der Waals surface area contributed by atoms with Gasteiger partial charge in [-0.3, -0.25) is 4.90 Å². The number of aromatic nitrogens is 1. The lowest BCUT2D eigenvalue weighted by atomic mass is 9.99. The van der Waals surface area contributed by atoms with Gasteiger partial charge in [-0.25, -0.2) is 4.39 Å². The van der Waals surface area contributed by atoms with Crippen LogP contribution in [-0.4, -0.2) is 65.3 Å². The minimum Gasteiger partial charge on any atom is -0.389 e. The Hall–Kier alpha value is -1.63. The lowest BCUT2D eigenvalue weighted by molar-refractivity contribution is 0.0593. The van der Waals surface area contributed by atoms with Crippen molar-refractivity contribution in [2.75, 3.05) is 39.8 Å². The first-order valence-corrected chi connectivity index (χ1v) is 9.52. The average Bonchev–Trinajstić information content (AvgIpc) is 3.08. The maximum atomic E-state index is 13.9. The molecule has 1 N–H and O–H groups in total. The number of benzene rings is 2. The molecule has 0 bridgehead atoms. The quantitative estimate of drug-likeness (QED) is 0.655. The van der Waals surface area contributed by atoms with Crippen LogP contribution in [0.2, 0.25) is 0 Å². The molecular formula is C22H28Cl2FN3O. The maximum absolute atomic E-state index is 13.9. The summed E-state index contributed by atoms with van der Waals surface area (Å²) in [4.78, 5) is 4.59. The molecule has 0 spiro atoms. The Kier molecular flexibility index (Phi) is 8.49. The largest absolute Gasteiger partial charge is 0.389 e. The van der Waals surface area contributed by atoms with E-state index in [2.05, 4.69) is 27.5 Å². The summed E-state index contributed by atoms with van der Waals surface area (Å²) >= 11 is 0. The van der Waals surface area contributed by atoms with Crippen LogP contribution in [0.4, 0.5) is 4.39 Å². The second-order valence-corrected chi connectivity index (χ2v) is 7.45. The summed E-state index contributed by atoms with van der Waals surface area (Å²) in [7, 11) is 2.12. The summed E-state index contributed by atoms with van der Waals surface area (Å²) < 4.78 is 16.0. The SMILES string of the molecule is CN1CCN(C[C@@H](O)[C@H](c2cccc(F)c2)n2ccc3ccccc32)CC1.Cl.Cl. The van der Waals surface area contributed by atoms with Gasteiger partial charge in [-0.1, -0.05) is 30.3 Å². The van der Waals surface area contributed by atoms with Gasteiger partial charge in [-0.2, -0.15) is 0 Å². The van der Waals surface area contributed by atoms with Crippen LogP contribution in [0.3, 0.4) is 0 Å². The molecule has 2 aromatic carbocycles. The van der Waals surface area contributed by atoms with Gasteiger partial charge in [-0.15, -0.1) is 24.8 Å². The Morgan fingerprint density at radius 3 is 2.41 bits per heavy atom. The van der Waals surface area contributed by atoms with Crippen molar-refractivity contribution >= 4 is 35.7 Å². The predicted octanol–water partition coefficient (Wildman–Crippen LogP) is 3.82. The Morgan fingerprint density at radius 1 is 0.966 bits per heavy atom. The molecule has 2 atom stereocenters. The van der Waals surface area contributed by atoms with E-state index in [-0.39, 0.29) is 36.7 Å². The molecule has 1 aromatic heterocycles. The fraction of sp³-hybridized carbons (Fsp3) is 0.364. The number of halogens is 3. The number of rotatable bonds is 5. The molecule has 0 unspecified atom stereocenters. The van der Waals surface area contributed by atoms with Crippen molar-refractivity contribution in [3.8, 4) is 0 Å². The molecule has 4 nitrogen and oxygen atoms in total. The van der Waals surface area contributed by atoms with E-state index in [0.29, 0.717) is 6.54 Å². The van der Waals surface area contributed by atoms with Crippen molar-refractivity contribution in [2.45, 2.75) is 12.1 Å². The van der Waals surface area contributed by atoms with Gasteiger partial charge >= 0.3 is 0 Å². The van der Waals surface area contributed by atoms with E-state index in [1.54, 1.807) is 6.07 Å². The summed E-state index contributed by atoms with van der Waals surface area (Å²) in [5, 5.41) is 12.3. The molecule has 0 amide bonds. The van der Waals surface area contributed by atoms with E-state index in [1.807, 2.05) is 36.5 Å². The molecule has 0 radical (unpaired) electrons. The zero-order chi connectivity index (χ0) is 18.8. The summed E-state index contributed by atoms with van der Waals surface area (Å²) in [5.41, 5.74) is 1.84. The van der Waals surface area contributed by atoms with E-state index < -0.39 is 6.10 Å². The van der Waals surface area contributed by atoms with Crippen LogP contribution < -0.4 is 0 Å². The van der Waals surface area contributed by atoms with Crippen LogP contribution in [0.25, 0.3) is 10.9 Å². The topological polar surface area (TPSA) is 31.6 Å². The standard InChI is InChI=1S/C22H26FN3O.2ClH/c1-24-11-13-25(14-12-24)16-21(27)22(18-6-4-7-19(23)15-18)26-10-9-17-5-2-3-8-20(17)26;;/h2-10,15,21-22,27H,11-14,16H2,1H3;2*1H/t21-,22+;;/m1../s1. The molecule has 0 aliphatic carbocycles. The van der Waals surface area contributed by atoms with Crippen molar-refractivity contribution in [1.29, 1.82) is 0 Å². The molecule has 7 heteroatoms. The average molecular weight is 440 g/mol. The Bertz CT molecular complexity index is 912. The number of nitrogens with zero attached hydrogens (tertiary/aromatic N) is 3. The van der Waals surface area contributed by atoms with Gasteiger partial charge in [0, 0.05) is 44.4 Å². The molecule has 1 aliphatic heterocycles. The number of aliphatic hydroxyl groups is 1. The summed E-state index contributed by atoms with van der Waals surface area (Å²) in [5.74, 6) is -0.277. The summed E-state index contributed by atoms with van der Waals surface area (Å²) in [6.07, 6.45) is 1.36. The number of likely N-dealkylation sites (N-methyl/N-ethyl adjacent to an activating group) is 1. The van der Waals surface area contributed by atoms with Gasteiger partial charge in [0.1, 0.15) is 5.82 Å². The van der Waals surface area contributed by atoms with Gasteiger partial charge in [0.05, 0.1) is 12.1 Å². The number of aliphatic hydroxyl groups excluding tert-OH is 1. The number of piperazine rings is 1. The second kappa shape index (κ2) is 10.4. The minimum atomic E-state index is -0.633. The van der Waals surface area contributed by atoms with E-state index in [0.717, 1.165) is 42.6 Å². The number of fused-ring (bicyclic) bond motifs is 1. The fourth-order valence-corrected chi connectivity index (χ4v) is 4.00. The normalized spacial score (nSPS) is 17.3. The highest BCUT2D eigenvalue weighted by atomic mass is 35.5. The molecule has 158 valence electrons. The van der Waals surface area contributed by atoms with Crippen LogP contribution in [0.1, 0.15) is 11.6 Å². The maximum Gasteiger partial charge on any atom is 0.123 e. The number of β-amino-alcohol motifs (C(OH)–C–C–N with tert-alkyl or cyclic N) is 1. The molecule has 0 saturated carbocycles. The van der Waals surface area contributed by atoms with Crippen LogP contribution in [0, 0.1) is 5.82 Å². The predicted molar refractivity (Wildman–Crippen MR) is 121 cm³/mol. The number of hydrogen-bond donors (Lipinski definition) is 1.